The van der Waals surface area contributed by atoms with Crippen LogP contribution in [0, 0.1) is 5.92 Å². The third-order valence-electron chi connectivity index (χ3n) is 4.32. The van der Waals surface area contributed by atoms with E-state index in [0.717, 1.165) is 5.54 Å². The number of aliphatic hydroxyl groups excluding tert-OH is 1. The van der Waals surface area contributed by atoms with E-state index in [1.165, 1.54) is 6.42 Å². The zero-order chi connectivity index (χ0) is 10.4. The summed E-state index contributed by atoms with van der Waals surface area (Å²) < 4.78 is 0. The molecule has 0 radical (unpaired) electrons. The van der Waals surface area contributed by atoms with Gasteiger partial charge in [0.25, 0.3) is 0 Å². The molecule has 0 amide bonds. The zero-order valence-corrected chi connectivity index (χ0v) is 10.9. The van der Waals surface area contributed by atoms with Crippen LogP contribution in [0.3, 0.4) is 0 Å². The van der Waals surface area contributed by atoms with Crippen molar-refractivity contribution in [1.29, 1.82) is 0 Å². The summed E-state index contributed by atoms with van der Waals surface area (Å²) in [5.41, 5.74) is 0.854. The standard InChI is InChI=1S/C11H24OSi/c1-8(12)9-7-10(9)13(5,6)11(2,3)4/h8-10,12H,7H2,1-6H3/t8-,9?,10?/m1/s1. The van der Waals surface area contributed by atoms with Crippen molar-refractivity contribution in [2.24, 2.45) is 5.92 Å². The van der Waals surface area contributed by atoms with E-state index in [2.05, 4.69) is 33.9 Å². The first-order chi connectivity index (χ1) is 5.68. The average Bonchev–Trinajstić information content (AvgIpc) is 2.60. The lowest BCUT2D eigenvalue weighted by atomic mass is 10.2. The summed E-state index contributed by atoms with van der Waals surface area (Å²) in [4.78, 5) is 0. The van der Waals surface area contributed by atoms with Gasteiger partial charge in [0, 0.05) is 0 Å². The maximum absolute atomic E-state index is 9.51. The molecule has 1 rings (SSSR count). The van der Waals surface area contributed by atoms with Crippen molar-refractivity contribution in [2.45, 2.75) is 63.9 Å². The van der Waals surface area contributed by atoms with E-state index < -0.39 is 8.07 Å². The van der Waals surface area contributed by atoms with Gasteiger partial charge in [0.1, 0.15) is 0 Å². The fourth-order valence-electron chi connectivity index (χ4n) is 2.13. The molecule has 0 aliphatic heterocycles. The molecule has 2 heteroatoms. The van der Waals surface area contributed by atoms with Gasteiger partial charge in [-0.15, -0.1) is 0 Å². The fraction of sp³-hybridized carbons (Fsp3) is 1.00. The van der Waals surface area contributed by atoms with Crippen LogP contribution in [0.15, 0.2) is 0 Å². The Kier molecular flexibility index (Phi) is 2.68. The lowest BCUT2D eigenvalue weighted by molar-refractivity contribution is 0.171. The number of hydrogen-bond donors (Lipinski definition) is 1. The Morgan fingerprint density at radius 3 is 2.00 bits per heavy atom. The van der Waals surface area contributed by atoms with Crippen molar-refractivity contribution in [2.75, 3.05) is 0 Å². The van der Waals surface area contributed by atoms with Crippen molar-refractivity contribution >= 4 is 8.07 Å². The second-order valence-electron chi connectivity index (χ2n) is 6.22. The van der Waals surface area contributed by atoms with Gasteiger partial charge >= 0.3 is 0 Å². The molecule has 2 unspecified atom stereocenters. The minimum Gasteiger partial charge on any atom is -0.393 e. The Balaban J connectivity index is 2.65. The van der Waals surface area contributed by atoms with Crippen LogP contribution in [0.4, 0.5) is 0 Å². The third-order valence-corrected chi connectivity index (χ3v) is 10.7. The Hall–Kier alpha value is 0.177. The SMILES string of the molecule is C[C@@H](O)C1CC1[Si](C)(C)C(C)(C)C. The molecular weight excluding hydrogens is 176 g/mol. The van der Waals surface area contributed by atoms with Crippen molar-refractivity contribution < 1.29 is 5.11 Å². The van der Waals surface area contributed by atoms with Crippen molar-refractivity contribution in [3.8, 4) is 0 Å². The van der Waals surface area contributed by atoms with Gasteiger partial charge in [-0.2, -0.15) is 0 Å². The Morgan fingerprint density at radius 2 is 1.77 bits per heavy atom. The van der Waals surface area contributed by atoms with E-state index in [0.29, 0.717) is 11.0 Å². The van der Waals surface area contributed by atoms with Crippen LogP contribution < -0.4 is 0 Å². The summed E-state index contributed by atoms with van der Waals surface area (Å²) in [6.07, 6.45) is 1.19. The van der Waals surface area contributed by atoms with E-state index in [1.54, 1.807) is 0 Å². The fourth-order valence-corrected chi connectivity index (χ4v) is 5.46. The molecule has 1 nitrogen and oxygen atoms in total. The van der Waals surface area contributed by atoms with E-state index in [-0.39, 0.29) is 6.10 Å². The maximum Gasteiger partial charge on any atom is 0.0562 e. The molecule has 1 N–H and O–H groups in total. The molecule has 3 atom stereocenters. The van der Waals surface area contributed by atoms with Gasteiger partial charge in [-0.25, -0.2) is 0 Å². The van der Waals surface area contributed by atoms with E-state index >= 15 is 0 Å². The molecule has 1 saturated carbocycles. The van der Waals surface area contributed by atoms with E-state index in [9.17, 15) is 5.11 Å². The highest BCUT2D eigenvalue weighted by atomic mass is 28.3. The predicted octanol–water partition coefficient (Wildman–Crippen LogP) is 3.27. The second kappa shape index (κ2) is 3.09. The number of hydrogen-bond acceptors (Lipinski definition) is 1. The van der Waals surface area contributed by atoms with Crippen molar-refractivity contribution in [1.82, 2.24) is 0 Å². The average molecular weight is 200 g/mol. The molecule has 0 aromatic rings. The minimum atomic E-state index is -1.16. The second-order valence-corrected chi connectivity index (χ2v) is 11.9. The highest BCUT2D eigenvalue weighted by Crippen LogP contribution is 2.60. The summed E-state index contributed by atoms with van der Waals surface area (Å²) in [7, 11) is -1.16. The molecule has 1 aliphatic rings. The molecule has 0 aromatic heterocycles. The van der Waals surface area contributed by atoms with Crippen LogP contribution in [0.5, 0.6) is 0 Å². The van der Waals surface area contributed by atoms with Gasteiger partial charge in [0.15, 0.2) is 0 Å². The summed E-state index contributed by atoms with van der Waals surface area (Å²) in [5, 5.41) is 9.99. The smallest absolute Gasteiger partial charge is 0.0562 e. The highest BCUT2D eigenvalue weighted by molar-refractivity contribution is 6.82. The Labute approximate surface area is 83.6 Å². The van der Waals surface area contributed by atoms with E-state index in [1.807, 2.05) is 6.92 Å². The van der Waals surface area contributed by atoms with Crippen molar-refractivity contribution in [3.05, 3.63) is 0 Å². The normalized spacial score (nSPS) is 31.6. The van der Waals surface area contributed by atoms with Crippen LogP contribution in [0.25, 0.3) is 0 Å². The van der Waals surface area contributed by atoms with Gasteiger partial charge in [0.2, 0.25) is 0 Å². The Bertz CT molecular complexity index is 191. The van der Waals surface area contributed by atoms with Gasteiger partial charge in [-0.05, 0) is 29.8 Å². The lowest BCUT2D eigenvalue weighted by Crippen LogP contribution is -2.38. The minimum absolute atomic E-state index is 0.0841. The quantitative estimate of drug-likeness (QED) is 0.678. The molecule has 1 aliphatic carbocycles. The molecule has 0 spiro atoms. The molecule has 1 fully saturated rings. The topological polar surface area (TPSA) is 20.2 Å². The molecule has 0 heterocycles. The van der Waals surface area contributed by atoms with Crippen LogP contribution in [0.1, 0.15) is 34.1 Å². The third kappa shape index (κ3) is 1.99. The van der Waals surface area contributed by atoms with Gasteiger partial charge in [-0.1, -0.05) is 33.9 Å². The highest BCUT2D eigenvalue weighted by Gasteiger charge is 2.54. The van der Waals surface area contributed by atoms with Gasteiger partial charge in [0.05, 0.1) is 14.2 Å². The zero-order valence-electron chi connectivity index (χ0n) is 9.89. The first-order valence-electron chi connectivity index (χ1n) is 5.36. The molecule has 0 saturated heterocycles. The Morgan fingerprint density at radius 1 is 1.31 bits per heavy atom. The molecule has 0 bridgehead atoms. The molecule has 0 aromatic carbocycles. The van der Waals surface area contributed by atoms with E-state index in [4.69, 9.17) is 0 Å². The maximum atomic E-state index is 9.51. The van der Waals surface area contributed by atoms with Crippen LogP contribution in [0.2, 0.25) is 23.7 Å². The molecule has 78 valence electrons. The van der Waals surface area contributed by atoms with Gasteiger partial charge < -0.3 is 5.11 Å². The lowest BCUT2D eigenvalue weighted by Gasteiger charge is -2.38. The molecule has 13 heavy (non-hydrogen) atoms. The summed E-state index contributed by atoms with van der Waals surface area (Å²) >= 11 is 0. The van der Waals surface area contributed by atoms with Crippen LogP contribution >= 0.6 is 0 Å². The van der Waals surface area contributed by atoms with Gasteiger partial charge in [-0.3, -0.25) is 0 Å². The molecular formula is C11H24OSi. The summed E-state index contributed by atoms with van der Waals surface area (Å²) in [6.45, 7) is 14.0. The predicted molar refractivity (Wildman–Crippen MR) is 60.7 cm³/mol. The number of rotatable bonds is 2. The summed E-state index contributed by atoms with van der Waals surface area (Å²) in [6, 6.07) is 0. The van der Waals surface area contributed by atoms with Crippen molar-refractivity contribution in [3.63, 3.8) is 0 Å². The monoisotopic (exact) mass is 200 g/mol. The first-order valence-corrected chi connectivity index (χ1v) is 8.43. The number of aliphatic hydroxyl groups is 1. The largest absolute Gasteiger partial charge is 0.393 e. The van der Waals surface area contributed by atoms with Crippen LogP contribution in [-0.2, 0) is 0 Å². The first kappa shape index (κ1) is 11.3. The van der Waals surface area contributed by atoms with Crippen LogP contribution in [-0.4, -0.2) is 19.3 Å². The summed E-state index contributed by atoms with van der Waals surface area (Å²) in [5.74, 6) is 0.612.